The molecule has 0 aromatic heterocycles. The maximum Gasteiger partial charge on any atom is 0.410 e. The molecule has 1 aliphatic heterocycles. The van der Waals surface area contributed by atoms with Crippen LogP contribution < -0.4 is 21.3 Å². The summed E-state index contributed by atoms with van der Waals surface area (Å²) in [6.45, 7) is 4.18. The fourth-order valence-corrected chi connectivity index (χ4v) is 4.13. The van der Waals surface area contributed by atoms with E-state index in [1.54, 1.807) is 38.1 Å². The van der Waals surface area contributed by atoms with Crippen LogP contribution in [0.2, 0.25) is 0 Å². The van der Waals surface area contributed by atoms with Crippen LogP contribution in [0.1, 0.15) is 39.2 Å². The van der Waals surface area contributed by atoms with Crippen molar-refractivity contribution in [3.05, 3.63) is 42.0 Å². The van der Waals surface area contributed by atoms with Crippen molar-refractivity contribution >= 4 is 47.7 Å². The zero-order chi connectivity index (χ0) is 34.2. The number of rotatable bonds is 15. The molecular formula is C30H42N6O10. The number of ether oxygens (including phenoxy) is 2. The molecule has 1 aromatic rings. The van der Waals surface area contributed by atoms with Gasteiger partial charge in [-0.1, -0.05) is 18.2 Å². The number of imide groups is 1. The maximum atomic E-state index is 12.5. The molecule has 7 amide bonds. The molecule has 2 rings (SSSR count). The predicted octanol–water partition coefficient (Wildman–Crippen LogP) is -0.580. The zero-order valence-corrected chi connectivity index (χ0v) is 26.3. The zero-order valence-electron chi connectivity index (χ0n) is 26.3. The van der Waals surface area contributed by atoms with E-state index >= 15 is 0 Å². The third-order valence-corrected chi connectivity index (χ3v) is 6.78. The second-order valence-electron chi connectivity index (χ2n) is 10.7. The van der Waals surface area contributed by atoms with Crippen molar-refractivity contribution < 1.29 is 48.1 Å². The summed E-state index contributed by atoms with van der Waals surface area (Å²) >= 11 is 0. The van der Waals surface area contributed by atoms with Crippen LogP contribution in [0.25, 0.3) is 0 Å². The molecule has 0 bridgehead atoms. The van der Waals surface area contributed by atoms with Gasteiger partial charge in [0.1, 0.15) is 19.2 Å². The predicted molar refractivity (Wildman–Crippen MR) is 164 cm³/mol. The minimum absolute atomic E-state index is 0.0871. The largest absolute Gasteiger partial charge is 0.445 e. The van der Waals surface area contributed by atoms with E-state index in [4.69, 9.17) is 9.47 Å². The molecule has 16 heteroatoms. The highest BCUT2D eigenvalue weighted by Gasteiger charge is 2.29. The Hall–Kier alpha value is -4.83. The number of carbonyl (C=O) groups is 7. The lowest BCUT2D eigenvalue weighted by molar-refractivity contribution is -0.135. The van der Waals surface area contributed by atoms with Crippen LogP contribution in [-0.4, -0.2) is 115 Å². The van der Waals surface area contributed by atoms with Gasteiger partial charge >= 0.3 is 6.09 Å². The molecule has 1 fully saturated rings. The highest BCUT2D eigenvalue weighted by molar-refractivity contribution is 5.97. The highest BCUT2D eigenvalue weighted by Crippen LogP contribution is 2.14. The number of likely N-dealkylation sites (N-methyl/N-ethyl adjacent to an activating group) is 1. The number of allylic oxidation sites excluding steroid dienone is 1. The lowest BCUT2D eigenvalue weighted by Gasteiger charge is -2.33. The molecular weight excluding hydrogens is 604 g/mol. The van der Waals surface area contributed by atoms with E-state index in [0.717, 1.165) is 9.80 Å². The molecule has 0 saturated carbocycles. The molecule has 252 valence electrons. The van der Waals surface area contributed by atoms with E-state index in [1.165, 1.54) is 26.1 Å². The van der Waals surface area contributed by atoms with Crippen molar-refractivity contribution in [1.29, 1.82) is 0 Å². The van der Waals surface area contributed by atoms with Crippen molar-refractivity contribution in [2.45, 2.75) is 64.5 Å². The number of hydrogen-bond donors (Lipinski definition) is 5. The summed E-state index contributed by atoms with van der Waals surface area (Å²) < 4.78 is 10.7. The molecule has 4 atom stereocenters. The number of aliphatic hydroxyl groups is 1. The molecule has 1 aromatic carbocycles. The molecule has 1 saturated heterocycles. The summed E-state index contributed by atoms with van der Waals surface area (Å²) in [5, 5.41) is 20.0. The first-order chi connectivity index (χ1) is 21.8. The third kappa shape index (κ3) is 13.0. The number of nitrogens with one attached hydrogen (secondary N) is 4. The smallest absolute Gasteiger partial charge is 0.410 e. The molecule has 0 radical (unpaired) electrons. The standard InChI is InChI=1S/C30H42N6O10/c1-5-6-28(42)36(18-37)12-11-25(39)31-14-26(40)32-19(2)29(43)33-22-9-7-21(8-10-22)16-46-30(44)35(4)15-27(41)34-24-13-23(38)17-45-20(24)3/h5-10,18-20,23-24,38H,11-17H2,1-4H3,(H,31,39)(H,32,40)(H,33,43)(H,34,41)/b6-5-/t19?,20-,23+,24?/m0/s1. The van der Waals surface area contributed by atoms with E-state index in [9.17, 15) is 38.7 Å². The van der Waals surface area contributed by atoms with Crippen LogP contribution in [0.4, 0.5) is 10.5 Å². The van der Waals surface area contributed by atoms with Gasteiger partial charge in [0.2, 0.25) is 30.0 Å². The van der Waals surface area contributed by atoms with Gasteiger partial charge in [0.25, 0.3) is 5.91 Å². The number of anilines is 1. The second-order valence-corrected chi connectivity index (χ2v) is 10.7. The number of nitrogens with zero attached hydrogens (tertiary/aromatic N) is 2. The monoisotopic (exact) mass is 646 g/mol. The number of benzene rings is 1. The Morgan fingerprint density at radius 3 is 2.46 bits per heavy atom. The van der Waals surface area contributed by atoms with Gasteiger partial charge in [0.15, 0.2) is 0 Å². The van der Waals surface area contributed by atoms with Gasteiger partial charge in [-0.15, -0.1) is 0 Å². The highest BCUT2D eigenvalue weighted by atomic mass is 16.6. The van der Waals surface area contributed by atoms with Gasteiger partial charge in [-0.05, 0) is 51.0 Å². The minimum atomic E-state index is -0.944. The summed E-state index contributed by atoms with van der Waals surface area (Å²) in [6, 6.07) is 5.11. The van der Waals surface area contributed by atoms with Gasteiger partial charge in [0.05, 0.1) is 31.4 Å². The molecule has 0 aliphatic carbocycles. The fourth-order valence-electron chi connectivity index (χ4n) is 4.13. The molecule has 16 nitrogen and oxygen atoms in total. The Morgan fingerprint density at radius 1 is 1.11 bits per heavy atom. The van der Waals surface area contributed by atoms with Crippen LogP contribution >= 0.6 is 0 Å². The third-order valence-electron chi connectivity index (χ3n) is 6.78. The molecule has 0 spiro atoms. The van der Waals surface area contributed by atoms with E-state index in [2.05, 4.69) is 21.3 Å². The number of aliphatic hydroxyl groups excluding tert-OH is 1. The lowest BCUT2D eigenvalue weighted by Crippen LogP contribution is -2.52. The summed E-state index contributed by atoms with van der Waals surface area (Å²) in [5.41, 5.74) is 1.03. The molecule has 1 aliphatic rings. The first-order valence-electron chi connectivity index (χ1n) is 14.6. The fraction of sp³-hybridized carbons (Fsp3) is 0.500. The minimum Gasteiger partial charge on any atom is -0.445 e. The van der Waals surface area contributed by atoms with Crippen LogP contribution in [0.15, 0.2) is 36.4 Å². The van der Waals surface area contributed by atoms with Crippen LogP contribution in [-0.2, 0) is 44.8 Å². The maximum absolute atomic E-state index is 12.5. The first-order valence-corrected chi connectivity index (χ1v) is 14.6. The van der Waals surface area contributed by atoms with Crippen LogP contribution in [0.5, 0.6) is 0 Å². The summed E-state index contributed by atoms with van der Waals surface area (Å²) in [4.78, 5) is 86.0. The SMILES string of the molecule is C/C=C\C(=O)N(C=O)CCC(=O)NCC(=O)NC(C)C(=O)Nc1ccc(COC(=O)N(C)CC(=O)NC2C[C@@H](O)CO[C@H]2C)cc1. The molecule has 2 unspecified atom stereocenters. The quantitative estimate of drug-likeness (QED) is 0.121. The van der Waals surface area contributed by atoms with Crippen molar-refractivity contribution in [2.24, 2.45) is 0 Å². The average molecular weight is 647 g/mol. The number of carbonyl (C=O) groups excluding carboxylic acids is 7. The Morgan fingerprint density at radius 2 is 1.80 bits per heavy atom. The van der Waals surface area contributed by atoms with Crippen LogP contribution in [0, 0.1) is 0 Å². The van der Waals surface area contributed by atoms with Gasteiger partial charge in [-0.25, -0.2) is 4.79 Å². The summed E-state index contributed by atoms with van der Waals surface area (Å²) in [7, 11) is 1.42. The van der Waals surface area contributed by atoms with Gasteiger partial charge < -0.3 is 40.7 Å². The molecule has 5 N–H and O–H groups in total. The molecule has 1 heterocycles. The Bertz CT molecular complexity index is 1270. The van der Waals surface area contributed by atoms with Crippen molar-refractivity contribution in [2.75, 3.05) is 38.6 Å². The van der Waals surface area contributed by atoms with Gasteiger partial charge in [-0.2, -0.15) is 0 Å². The summed E-state index contributed by atoms with van der Waals surface area (Å²) in [5.74, 6) is -2.68. The van der Waals surface area contributed by atoms with E-state index < -0.39 is 54.3 Å². The number of amides is 7. The van der Waals surface area contributed by atoms with Crippen molar-refractivity contribution in [3.8, 4) is 0 Å². The van der Waals surface area contributed by atoms with E-state index in [0.29, 0.717) is 24.1 Å². The lowest BCUT2D eigenvalue weighted by atomic mass is 10.0. The summed E-state index contributed by atoms with van der Waals surface area (Å²) in [6.07, 6.45) is 1.48. The van der Waals surface area contributed by atoms with Crippen molar-refractivity contribution in [3.63, 3.8) is 0 Å². The normalized spacial score (nSPS) is 18.1. The Kier molecular flexibility index (Phi) is 15.3. The second kappa shape index (κ2) is 18.9. The van der Waals surface area contributed by atoms with Crippen molar-refractivity contribution in [1.82, 2.24) is 25.8 Å². The topological polar surface area (TPSA) is 213 Å². The average Bonchev–Trinajstić information content (AvgIpc) is 3.01. The van der Waals surface area contributed by atoms with E-state index in [1.807, 2.05) is 0 Å². The Balaban J connectivity index is 1.70. The first kappa shape index (κ1) is 37.4. The Labute approximate surface area is 266 Å². The van der Waals surface area contributed by atoms with Crippen LogP contribution in [0.3, 0.4) is 0 Å². The molecule has 46 heavy (non-hydrogen) atoms. The number of hydrogen-bond acceptors (Lipinski definition) is 10. The van der Waals surface area contributed by atoms with E-state index in [-0.39, 0.29) is 44.9 Å². The van der Waals surface area contributed by atoms with Gasteiger partial charge in [0, 0.05) is 25.7 Å². The van der Waals surface area contributed by atoms with Gasteiger partial charge in [-0.3, -0.25) is 33.7 Å².